The van der Waals surface area contributed by atoms with Crippen LogP contribution in [0.2, 0.25) is 5.02 Å². The van der Waals surface area contributed by atoms with E-state index in [-0.39, 0.29) is 17.1 Å². The van der Waals surface area contributed by atoms with E-state index in [2.05, 4.69) is 5.32 Å². The number of carboxylic acid groups (broad SMARTS) is 1. The molecular formula is C12H11ClFNO3. The Kier molecular flexibility index (Phi) is 3.26. The number of rotatable bonds is 4. The summed E-state index contributed by atoms with van der Waals surface area (Å²) in [6, 6.07) is 3.62. The van der Waals surface area contributed by atoms with Crippen LogP contribution in [-0.2, 0) is 4.79 Å². The summed E-state index contributed by atoms with van der Waals surface area (Å²) in [5, 5.41) is 11.3. The van der Waals surface area contributed by atoms with E-state index < -0.39 is 23.1 Å². The van der Waals surface area contributed by atoms with Gasteiger partial charge in [0.15, 0.2) is 0 Å². The molecule has 1 amide bonds. The first kappa shape index (κ1) is 12.8. The van der Waals surface area contributed by atoms with E-state index in [0.29, 0.717) is 12.8 Å². The minimum Gasteiger partial charge on any atom is -0.481 e. The molecule has 1 aliphatic carbocycles. The van der Waals surface area contributed by atoms with Gasteiger partial charge in [0.05, 0.1) is 10.4 Å². The molecule has 2 rings (SSSR count). The van der Waals surface area contributed by atoms with Crippen LogP contribution in [0.3, 0.4) is 0 Å². The summed E-state index contributed by atoms with van der Waals surface area (Å²) in [6.07, 6.45) is 1.12. The molecule has 1 aromatic carbocycles. The van der Waals surface area contributed by atoms with Crippen molar-refractivity contribution in [1.29, 1.82) is 0 Å². The van der Waals surface area contributed by atoms with Gasteiger partial charge < -0.3 is 10.4 Å². The molecule has 4 nitrogen and oxygen atoms in total. The highest BCUT2D eigenvalue weighted by Crippen LogP contribution is 2.45. The maximum Gasteiger partial charge on any atom is 0.311 e. The summed E-state index contributed by atoms with van der Waals surface area (Å²) in [4.78, 5) is 22.6. The zero-order valence-corrected chi connectivity index (χ0v) is 10.1. The van der Waals surface area contributed by atoms with Gasteiger partial charge in [0.1, 0.15) is 5.82 Å². The smallest absolute Gasteiger partial charge is 0.311 e. The van der Waals surface area contributed by atoms with Crippen LogP contribution >= 0.6 is 11.6 Å². The van der Waals surface area contributed by atoms with Crippen LogP contribution in [0, 0.1) is 11.2 Å². The number of hydrogen-bond acceptors (Lipinski definition) is 2. The Hall–Kier alpha value is -1.62. The monoisotopic (exact) mass is 271 g/mol. The van der Waals surface area contributed by atoms with Gasteiger partial charge in [0.25, 0.3) is 5.91 Å². The molecule has 0 aliphatic heterocycles. The lowest BCUT2D eigenvalue weighted by Crippen LogP contribution is -2.34. The molecule has 1 saturated carbocycles. The number of nitrogens with one attached hydrogen (secondary N) is 1. The third kappa shape index (κ3) is 2.46. The number of carbonyl (C=O) groups excluding carboxylic acids is 1. The van der Waals surface area contributed by atoms with E-state index in [1.165, 1.54) is 12.1 Å². The fraction of sp³-hybridized carbons (Fsp3) is 0.333. The number of halogens is 2. The fourth-order valence-electron chi connectivity index (χ4n) is 1.61. The second-order valence-electron chi connectivity index (χ2n) is 4.40. The van der Waals surface area contributed by atoms with Gasteiger partial charge in [-0.1, -0.05) is 11.6 Å². The second-order valence-corrected chi connectivity index (χ2v) is 4.80. The first-order chi connectivity index (χ1) is 8.44. The number of amides is 1. The van der Waals surface area contributed by atoms with Crippen molar-refractivity contribution in [3.63, 3.8) is 0 Å². The Morgan fingerprint density at radius 1 is 1.44 bits per heavy atom. The number of benzene rings is 1. The third-order valence-electron chi connectivity index (χ3n) is 3.08. The first-order valence-electron chi connectivity index (χ1n) is 5.41. The Labute approximate surface area is 108 Å². The standard InChI is InChI=1S/C12H11ClFNO3/c13-8-5-7(1-2-9(8)14)10(16)15-6-12(3-4-12)11(17)18/h1-2,5H,3-4,6H2,(H,15,16)(H,17,18). The second kappa shape index (κ2) is 4.57. The van der Waals surface area contributed by atoms with Crippen molar-refractivity contribution in [2.75, 3.05) is 6.54 Å². The maximum atomic E-state index is 12.9. The number of aliphatic carboxylic acids is 1. The molecule has 0 radical (unpaired) electrons. The Morgan fingerprint density at radius 3 is 2.61 bits per heavy atom. The van der Waals surface area contributed by atoms with Gasteiger partial charge in [-0.3, -0.25) is 9.59 Å². The highest BCUT2D eigenvalue weighted by molar-refractivity contribution is 6.31. The van der Waals surface area contributed by atoms with Crippen molar-refractivity contribution < 1.29 is 19.1 Å². The van der Waals surface area contributed by atoms with E-state index in [9.17, 15) is 14.0 Å². The molecule has 0 atom stereocenters. The molecule has 0 aromatic heterocycles. The Bertz CT molecular complexity index is 514. The van der Waals surface area contributed by atoms with Gasteiger partial charge in [-0.05, 0) is 31.0 Å². The third-order valence-corrected chi connectivity index (χ3v) is 3.37. The first-order valence-corrected chi connectivity index (χ1v) is 5.79. The molecule has 0 unspecified atom stereocenters. The summed E-state index contributed by atoms with van der Waals surface area (Å²) in [5.74, 6) is -1.96. The van der Waals surface area contributed by atoms with Gasteiger partial charge in [0, 0.05) is 12.1 Å². The van der Waals surface area contributed by atoms with Crippen LogP contribution in [0.15, 0.2) is 18.2 Å². The Balaban J connectivity index is 2.00. The van der Waals surface area contributed by atoms with E-state index in [1.807, 2.05) is 0 Å². The predicted molar refractivity (Wildman–Crippen MR) is 63.0 cm³/mol. The van der Waals surface area contributed by atoms with E-state index >= 15 is 0 Å². The molecule has 6 heteroatoms. The normalized spacial score (nSPS) is 16.1. The Morgan fingerprint density at radius 2 is 2.11 bits per heavy atom. The highest BCUT2D eigenvalue weighted by Gasteiger charge is 2.50. The number of carbonyl (C=O) groups is 2. The van der Waals surface area contributed by atoms with Gasteiger partial charge >= 0.3 is 5.97 Å². The van der Waals surface area contributed by atoms with Gasteiger partial charge in [-0.25, -0.2) is 4.39 Å². The maximum absolute atomic E-state index is 12.9. The molecular weight excluding hydrogens is 261 g/mol. The van der Waals surface area contributed by atoms with Crippen LogP contribution < -0.4 is 5.32 Å². The largest absolute Gasteiger partial charge is 0.481 e. The van der Waals surface area contributed by atoms with Crippen LogP contribution in [0.1, 0.15) is 23.2 Å². The average Bonchev–Trinajstić information content (AvgIpc) is 3.11. The summed E-state index contributed by atoms with van der Waals surface area (Å²) in [5.41, 5.74) is -0.609. The predicted octanol–water partition coefficient (Wildman–Crippen LogP) is 2.07. The van der Waals surface area contributed by atoms with Crippen LogP contribution in [0.25, 0.3) is 0 Å². The molecule has 2 N–H and O–H groups in total. The number of carboxylic acids is 1. The van der Waals surface area contributed by atoms with Gasteiger partial charge in [0.2, 0.25) is 0 Å². The molecule has 1 fully saturated rings. The fourth-order valence-corrected chi connectivity index (χ4v) is 1.79. The van der Waals surface area contributed by atoms with Crippen LogP contribution in [-0.4, -0.2) is 23.5 Å². The minimum absolute atomic E-state index is 0.0795. The molecule has 18 heavy (non-hydrogen) atoms. The zero-order chi connectivity index (χ0) is 13.3. The van der Waals surface area contributed by atoms with Crippen LogP contribution in [0.5, 0.6) is 0 Å². The zero-order valence-electron chi connectivity index (χ0n) is 9.37. The molecule has 0 heterocycles. The highest BCUT2D eigenvalue weighted by atomic mass is 35.5. The van der Waals surface area contributed by atoms with E-state index in [0.717, 1.165) is 6.07 Å². The van der Waals surface area contributed by atoms with Crippen LogP contribution in [0.4, 0.5) is 4.39 Å². The molecule has 0 bridgehead atoms. The van der Waals surface area contributed by atoms with Crippen molar-refractivity contribution in [3.8, 4) is 0 Å². The van der Waals surface area contributed by atoms with Crippen molar-refractivity contribution in [2.24, 2.45) is 5.41 Å². The lowest BCUT2D eigenvalue weighted by atomic mass is 10.1. The summed E-state index contributed by atoms with van der Waals surface area (Å²) < 4.78 is 12.9. The van der Waals surface area contributed by atoms with Crippen molar-refractivity contribution >= 4 is 23.5 Å². The van der Waals surface area contributed by atoms with Crippen molar-refractivity contribution in [3.05, 3.63) is 34.6 Å². The number of hydrogen-bond donors (Lipinski definition) is 2. The lowest BCUT2D eigenvalue weighted by molar-refractivity contribution is -0.143. The molecule has 0 saturated heterocycles. The SMILES string of the molecule is O=C(NCC1(C(=O)O)CC1)c1ccc(F)c(Cl)c1. The van der Waals surface area contributed by atoms with E-state index in [1.54, 1.807) is 0 Å². The van der Waals surface area contributed by atoms with Crippen molar-refractivity contribution in [1.82, 2.24) is 5.32 Å². The molecule has 1 aromatic rings. The van der Waals surface area contributed by atoms with Gasteiger partial charge in [-0.2, -0.15) is 0 Å². The van der Waals surface area contributed by atoms with Gasteiger partial charge in [-0.15, -0.1) is 0 Å². The minimum atomic E-state index is -0.903. The average molecular weight is 272 g/mol. The van der Waals surface area contributed by atoms with E-state index in [4.69, 9.17) is 16.7 Å². The summed E-state index contributed by atoms with van der Waals surface area (Å²) in [6.45, 7) is 0.0795. The molecule has 96 valence electrons. The lowest BCUT2D eigenvalue weighted by Gasteiger charge is -2.11. The quantitative estimate of drug-likeness (QED) is 0.881. The molecule has 0 spiro atoms. The summed E-state index contributed by atoms with van der Waals surface area (Å²) >= 11 is 5.56. The molecule has 1 aliphatic rings. The van der Waals surface area contributed by atoms with Crippen molar-refractivity contribution in [2.45, 2.75) is 12.8 Å². The topological polar surface area (TPSA) is 66.4 Å². The summed E-state index contributed by atoms with van der Waals surface area (Å²) in [7, 11) is 0.